The minimum absolute atomic E-state index is 0.252. The van der Waals surface area contributed by atoms with Gasteiger partial charge in [-0.25, -0.2) is 0 Å². The van der Waals surface area contributed by atoms with Crippen LogP contribution in [0.2, 0.25) is 0 Å². The molecule has 0 saturated carbocycles. The molecule has 0 amide bonds. The SMILES string of the molecule is CCCc1cc(CCC)c2c(c1)N(CCCS(=O)(=O)O)c1ccccc1O2. The third-order valence-electron chi connectivity index (χ3n) is 4.71. The average molecular weight is 390 g/mol. The smallest absolute Gasteiger partial charge is 0.264 e. The van der Waals surface area contributed by atoms with Crippen LogP contribution < -0.4 is 9.64 Å². The number of benzene rings is 2. The molecule has 0 atom stereocenters. The first kappa shape index (κ1) is 19.7. The summed E-state index contributed by atoms with van der Waals surface area (Å²) in [7, 11) is -3.97. The summed E-state index contributed by atoms with van der Waals surface area (Å²) in [6, 6.07) is 12.2. The van der Waals surface area contributed by atoms with E-state index in [1.54, 1.807) is 0 Å². The molecule has 6 heteroatoms. The molecule has 0 aliphatic carbocycles. The zero-order valence-corrected chi connectivity index (χ0v) is 16.8. The molecule has 0 spiro atoms. The fourth-order valence-electron chi connectivity index (χ4n) is 3.60. The van der Waals surface area contributed by atoms with E-state index >= 15 is 0 Å². The van der Waals surface area contributed by atoms with Crippen LogP contribution in [-0.2, 0) is 23.0 Å². The molecular weight excluding hydrogens is 362 g/mol. The molecule has 0 aromatic heterocycles. The summed E-state index contributed by atoms with van der Waals surface area (Å²) in [5.74, 6) is 1.39. The fraction of sp³-hybridized carbons (Fsp3) is 0.429. The van der Waals surface area contributed by atoms with Gasteiger partial charge in [-0.3, -0.25) is 4.55 Å². The van der Waals surface area contributed by atoms with Crippen molar-refractivity contribution in [1.82, 2.24) is 0 Å². The Bertz CT molecular complexity index is 908. The van der Waals surface area contributed by atoms with Crippen molar-refractivity contribution >= 4 is 21.5 Å². The topological polar surface area (TPSA) is 66.8 Å². The van der Waals surface area contributed by atoms with Crippen LogP contribution in [0.25, 0.3) is 0 Å². The fourth-order valence-corrected chi connectivity index (χ4v) is 4.09. The Hall–Kier alpha value is -2.05. The molecule has 1 aliphatic heterocycles. The number of para-hydroxylation sites is 2. The summed E-state index contributed by atoms with van der Waals surface area (Å²) in [5.41, 5.74) is 4.37. The van der Waals surface area contributed by atoms with Crippen molar-refractivity contribution in [3.63, 3.8) is 0 Å². The van der Waals surface area contributed by atoms with Gasteiger partial charge in [0.1, 0.15) is 0 Å². The summed E-state index contributed by atoms with van der Waals surface area (Å²) in [6.45, 7) is 4.81. The van der Waals surface area contributed by atoms with Crippen molar-refractivity contribution in [2.24, 2.45) is 0 Å². The molecule has 3 rings (SSSR count). The van der Waals surface area contributed by atoms with Gasteiger partial charge in [0, 0.05) is 6.54 Å². The van der Waals surface area contributed by atoms with E-state index in [0.29, 0.717) is 13.0 Å². The number of rotatable bonds is 8. The first-order valence-electron chi connectivity index (χ1n) is 9.58. The van der Waals surface area contributed by atoms with Crippen LogP contribution >= 0.6 is 0 Å². The summed E-state index contributed by atoms with van der Waals surface area (Å²) in [4.78, 5) is 2.12. The summed E-state index contributed by atoms with van der Waals surface area (Å²) in [5, 5.41) is 0. The van der Waals surface area contributed by atoms with Gasteiger partial charge in [0.25, 0.3) is 10.1 Å². The normalized spacial score (nSPS) is 13.1. The highest BCUT2D eigenvalue weighted by molar-refractivity contribution is 7.85. The van der Waals surface area contributed by atoms with Gasteiger partial charge in [-0.1, -0.05) is 44.9 Å². The van der Waals surface area contributed by atoms with Crippen LogP contribution in [-0.4, -0.2) is 25.3 Å². The molecule has 0 bridgehead atoms. The van der Waals surface area contributed by atoms with E-state index in [1.165, 1.54) is 11.1 Å². The largest absolute Gasteiger partial charge is 0.453 e. The predicted molar refractivity (Wildman–Crippen MR) is 109 cm³/mol. The zero-order valence-electron chi connectivity index (χ0n) is 15.9. The molecular formula is C21H27NO4S. The van der Waals surface area contributed by atoms with Crippen molar-refractivity contribution in [3.05, 3.63) is 47.5 Å². The van der Waals surface area contributed by atoms with Crippen molar-refractivity contribution in [2.75, 3.05) is 17.2 Å². The minimum Gasteiger partial charge on any atom is -0.453 e. The number of hydrogen-bond acceptors (Lipinski definition) is 4. The van der Waals surface area contributed by atoms with Crippen LogP contribution in [0.5, 0.6) is 11.5 Å². The number of ether oxygens (including phenoxy) is 1. The molecule has 2 aromatic rings. The van der Waals surface area contributed by atoms with Crippen LogP contribution in [0.4, 0.5) is 11.4 Å². The maximum Gasteiger partial charge on any atom is 0.264 e. The van der Waals surface area contributed by atoms with Gasteiger partial charge in [-0.15, -0.1) is 0 Å². The third-order valence-corrected chi connectivity index (χ3v) is 5.51. The number of fused-ring (bicyclic) bond motifs is 2. The van der Waals surface area contributed by atoms with E-state index in [1.807, 2.05) is 24.3 Å². The second kappa shape index (κ2) is 8.31. The summed E-state index contributed by atoms with van der Waals surface area (Å²) < 4.78 is 37.7. The number of nitrogens with zero attached hydrogens (tertiary/aromatic N) is 1. The van der Waals surface area contributed by atoms with E-state index in [0.717, 1.165) is 48.6 Å². The quantitative estimate of drug-likeness (QED) is 0.635. The lowest BCUT2D eigenvalue weighted by Gasteiger charge is -2.34. The maximum atomic E-state index is 11.2. The molecule has 0 unspecified atom stereocenters. The number of hydrogen-bond donors (Lipinski definition) is 1. The third kappa shape index (κ3) is 4.62. The maximum absolute atomic E-state index is 11.2. The van der Waals surface area contributed by atoms with Crippen molar-refractivity contribution < 1.29 is 17.7 Å². The Balaban J connectivity index is 2.04. The molecule has 146 valence electrons. The van der Waals surface area contributed by atoms with Crippen molar-refractivity contribution in [3.8, 4) is 11.5 Å². The van der Waals surface area contributed by atoms with Gasteiger partial charge in [-0.2, -0.15) is 8.42 Å². The first-order valence-corrected chi connectivity index (χ1v) is 11.2. The second-order valence-corrected chi connectivity index (χ2v) is 8.54. The van der Waals surface area contributed by atoms with Gasteiger partial charge in [0.05, 0.1) is 17.1 Å². The van der Waals surface area contributed by atoms with E-state index < -0.39 is 10.1 Å². The molecule has 0 fully saturated rings. The van der Waals surface area contributed by atoms with Crippen molar-refractivity contribution in [2.45, 2.75) is 46.0 Å². The standard InChI is InChI=1S/C21H27NO4S/c1-3-8-16-14-17(9-4-2)21-19(15-16)22(12-7-13-27(23,24)25)18-10-5-6-11-20(18)26-21/h5-6,10-11,14-15H,3-4,7-9,12-13H2,1-2H3,(H,23,24,25). The molecule has 1 N–H and O–H groups in total. The van der Waals surface area contributed by atoms with Crippen LogP contribution in [0.1, 0.15) is 44.2 Å². The molecule has 0 radical (unpaired) electrons. The zero-order chi connectivity index (χ0) is 19.4. The highest BCUT2D eigenvalue weighted by atomic mass is 32.2. The molecule has 5 nitrogen and oxygen atoms in total. The molecule has 2 aromatic carbocycles. The lowest BCUT2D eigenvalue weighted by atomic mass is 9.99. The van der Waals surface area contributed by atoms with E-state index in [4.69, 9.17) is 9.29 Å². The minimum atomic E-state index is -3.97. The van der Waals surface area contributed by atoms with Gasteiger partial charge in [-0.05, 0) is 48.6 Å². The van der Waals surface area contributed by atoms with Gasteiger partial charge in [0.15, 0.2) is 11.5 Å². The van der Waals surface area contributed by atoms with Gasteiger partial charge >= 0.3 is 0 Å². The number of anilines is 2. The van der Waals surface area contributed by atoms with Crippen LogP contribution in [0, 0.1) is 0 Å². The van der Waals surface area contributed by atoms with Crippen LogP contribution in [0.15, 0.2) is 36.4 Å². The Morgan fingerprint density at radius 2 is 1.78 bits per heavy atom. The highest BCUT2D eigenvalue weighted by Crippen LogP contribution is 2.49. The summed E-state index contributed by atoms with van der Waals surface area (Å²) in [6.07, 6.45) is 4.35. The van der Waals surface area contributed by atoms with E-state index in [-0.39, 0.29) is 5.75 Å². The molecule has 1 aliphatic rings. The Kier molecular flexibility index (Phi) is 6.07. The Morgan fingerprint density at radius 3 is 2.48 bits per heavy atom. The number of aryl methyl sites for hydroxylation is 2. The highest BCUT2D eigenvalue weighted by Gasteiger charge is 2.27. The predicted octanol–water partition coefficient (Wildman–Crippen LogP) is 5.11. The first-order chi connectivity index (χ1) is 12.9. The summed E-state index contributed by atoms with van der Waals surface area (Å²) >= 11 is 0. The molecule has 1 heterocycles. The van der Waals surface area contributed by atoms with E-state index in [9.17, 15) is 8.42 Å². The Labute approximate surface area is 161 Å². The second-order valence-electron chi connectivity index (χ2n) is 6.96. The lowest BCUT2D eigenvalue weighted by Crippen LogP contribution is -2.25. The Morgan fingerprint density at radius 1 is 1.04 bits per heavy atom. The average Bonchev–Trinajstić information content (AvgIpc) is 2.61. The molecule has 27 heavy (non-hydrogen) atoms. The van der Waals surface area contributed by atoms with E-state index in [2.05, 4.69) is 30.9 Å². The van der Waals surface area contributed by atoms with Gasteiger partial charge < -0.3 is 9.64 Å². The van der Waals surface area contributed by atoms with Crippen LogP contribution in [0.3, 0.4) is 0 Å². The van der Waals surface area contributed by atoms with Crippen molar-refractivity contribution in [1.29, 1.82) is 0 Å². The van der Waals surface area contributed by atoms with Gasteiger partial charge in [0.2, 0.25) is 0 Å². The monoisotopic (exact) mass is 389 g/mol. The molecule has 0 saturated heterocycles. The lowest BCUT2D eigenvalue weighted by molar-refractivity contribution is 0.465.